The number of pyridine rings is 1. The molecule has 1 saturated heterocycles. The lowest BCUT2D eigenvalue weighted by atomic mass is 10.1. The zero-order chi connectivity index (χ0) is 15.0. The largest absolute Gasteiger partial charge is 0.389 e. The predicted molar refractivity (Wildman–Crippen MR) is 89.9 cm³/mol. The monoisotopic (exact) mass is 301 g/mol. The van der Waals surface area contributed by atoms with Gasteiger partial charge >= 0.3 is 0 Å². The van der Waals surface area contributed by atoms with Crippen LogP contribution in [-0.2, 0) is 4.74 Å². The number of ether oxygens (including phenoxy) is 1. The second kappa shape index (κ2) is 5.58. The maximum atomic E-state index is 5.93. The SMILES string of the molecule is CC1CN(c2nc3ccccc3cc2C(N)=S)C(C)CO1. The molecule has 2 aromatic rings. The Labute approximate surface area is 129 Å². The van der Waals surface area contributed by atoms with Crippen LogP contribution in [0.15, 0.2) is 30.3 Å². The Kier molecular flexibility index (Phi) is 3.78. The number of para-hydroxylation sites is 1. The molecule has 0 aliphatic carbocycles. The molecule has 2 heterocycles. The van der Waals surface area contributed by atoms with Gasteiger partial charge in [0.05, 0.1) is 29.8 Å². The summed E-state index contributed by atoms with van der Waals surface area (Å²) in [6, 6.07) is 10.3. The molecule has 21 heavy (non-hydrogen) atoms. The van der Waals surface area contributed by atoms with Gasteiger partial charge in [-0.1, -0.05) is 30.4 Å². The first-order valence-corrected chi connectivity index (χ1v) is 7.55. The molecule has 5 heteroatoms. The van der Waals surface area contributed by atoms with Crippen molar-refractivity contribution < 1.29 is 4.74 Å². The summed E-state index contributed by atoms with van der Waals surface area (Å²) in [4.78, 5) is 7.44. The number of benzene rings is 1. The Balaban J connectivity index is 2.15. The molecule has 0 saturated carbocycles. The van der Waals surface area contributed by atoms with E-state index < -0.39 is 0 Å². The highest BCUT2D eigenvalue weighted by molar-refractivity contribution is 7.80. The van der Waals surface area contributed by atoms with E-state index in [0.29, 0.717) is 11.6 Å². The third kappa shape index (κ3) is 2.71. The van der Waals surface area contributed by atoms with Crippen LogP contribution in [-0.4, -0.2) is 35.3 Å². The number of morpholine rings is 1. The van der Waals surface area contributed by atoms with Crippen LogP contribution in [0.1, 0.15) is 19.4 Å². The normalized spacial score (nSPS) is 22.5. The number of hydrogen-bond donors (Lipinski definition) is 1. The van der Waals surface area contributed by atoms with Crippen LogP contribution in [0.25, 0.3) is 10.9 Å². The van der Waals surface area contributed by atoms with Crippen molar-refractivity contribution in [3.8, 4) is 0 Å². The van der Waals surface area contributed by atoms with Gasteiger partial charge in [-0.25, -0.2) is 4.98 Å². The van der Waals surface area contributed by atoms with Gasteiger partial charge in [0.25, 0.3) is 0 Å². The molecule has 0 amide bonds. The van der Waals surface area contributed by atoms with Gasteiger partial charge in [0, 0.05) is 11.9 Å². The van der Waals surface area contributed by atoms with Gasteiger partial charge in [-0.05, 0) is 26.0 Å². The van der Waals surface area contributed by atoms with E-state index >= 15 is 0 Å². The molecular weight excluding hydrogens is 282 g/mol. The van der Waals surface area contributed by atoms with E-state index in [2.05, 4.69) is 18.7 Å². The molecule has 0 bridgehead atoms. The van der Waals surface area contributed by atoms with Gasteiger partial charge in [0.2, 0.25) is 0 Å². The maximum Gasteiger partial charge on any atom is 0.139 e. The van der Waals surface area contributed by atoms with E-state index in [0.717, 1.165) is 28.8 Å². The zero-order valence-electron chi connectivity index (χ0n) is 12.2. The molecule has 110 valence electrons. The first-order valence-electron chi connectivity index (χ1n) is 7.14. The minimum absolute atomic E-state index is 0.175. The molecule has 0 radical (unpaired) electrons. The Morgan fingerprint density at radius 1 is 1.38 bits per heavy atom. The lowest BCUT2D eigenvalue weighted by Crippen LogP contribution is -2.48. The number of hydrogen-bond acceptors (Lipinski definition) is 4. The van der Waals surface area contributed by atoms with Crippen molar-refractivity contribution >= 4 is 33.9 Å². The van der Waals surface area contributed by atoms with Crippen molar-refractivity contribution in [3.05, 3.63) is 35.9 Å². The van der Waals surface area contributed by atoms with E-state index in [1.807, 2.05) is 30.3 Å². The van der Waals surface area contributed by atoms with Gasteiger partial charge in [0.15, 0.2) is 0 Å². The molecule has 1 fully saturated rings. The number of fused-ring (bicyclic) bond motifs is 1. The number of nitrogens with zero attached hydrogens (tertiary/aromatic N) is 2. The van der Waals surface area contributed by atoms with Crippen molar-refractivity contribution in [2.24, 2.45) is 5.73 Å². The van der Waals surface area contributed by atoms with Crippen LogP contribution in [0, 0.1) is 0 Å². The summed E-state index contributed by atoms with van der Waals surface area (Å²) in [5.74, 6) is 0.865. The van der Waals surface area contributed by atoms with Crippen molar-refractivity contribution in [2.75, 3.05) is 18.1 Å². The molecule has 0 spiro atoms. The van der Waals surface area contributed by atoms with Gasteiger partial charge in [-0.2, -0.15) is 0 Å². The van der Waals surface area contributed by atoms with Gasteiger partial charge in [0.1, 0.15) is 10.8 Å². The van der Waals surface area contributed by atoms with E-state index in [-0.39, 0.29) is 12.1 Å². The minimum atomic E-state index is 0.175. The van der Waals surface area contributed by atoms with E-state index in [1.54, 1.807) is 0 Å². The minimum Gasteiger partial charge on any atom is -0.389 e. The fraction of sp³-hybridized carbons (Fsp3) is 0.375. The van der Waals surface area contributed by atoms with Crippen LogP contribution in [0.4, 0.5) is 5.82 Å². The molecule has 1 aromatic heterocycles. The van der Waals surface area contributed by atoms with Gasteiger partial charge in [-0.3, -0.25) is 0 Å². The van der Waals surface area contributed by atoms with E-state index in [1.165, 1.54) is 0 Å². The summed E-state index contributed by atoms with van der Waals surface area (Å²) in [7, 11) is 0. The number of anilines is 1. The molecule has 1 aliphatic heterocycles. The Hall–Kier alpha value is -1.72. The lowest BCUT2D eigenvalue weighted by molar-refractivity contribution is 0.0340. The highest BCUT2D eigenvalue weighted by atomic mass is 32.1. The fourth-order valence-electron chi connectivity index (χ4n) is 2.70. The van der Waals surface area contributed by atoms with Crippen molar-refractivity contribution in [2.45, 2.75) is 26.0 Å². The maximum absolute atomic E-state index is 5.93. The second-order valence-electron chi connectivity index (χ2n) is 5.56. The van der Waals surface area contributed by atoms with Crippen molar-refractivity contribution in [1.29, 1.82) is 0 Å². The summed E-state index contributed by atoms with van der Waals surface area (Å²) < 4.78 is 5.70. The summed E-state index contributed by atoms with van der Waals surface area (Å²) in [6.07, 6.45) is 0.175. The first-order chi connectivity index (χ1) is 10.1. The smallest absolute Gasteiger partial charge is 0.139 e. The molecule has 2 atom stereocenters. The quantitative estimate of drug-likeness (QED) is 0.864. The number of aromatic nitrogens is 1. The molecule has 2 unspecified atom stereocenters. The first kappa shape index (κ1) is 14.2. The van der Waals surface area contributed by atoms with Gasteiger partial charge in [-0.15, -0.1) is 0 Å². The summed E-state index contributed by atoms with van der Waals surface area (Å²) >= 11 is 5.23. The molecular formula is C16H19N3OS. The van der Waals surface area contributed by atoms with Crippen LogP contribution < -0.4 is 10.6 Å². The van der Waals surface area contributed by atoms with Crippen LogP contribution in [0.5, 0.6) is 0 Å². The fourth-order valence-corrected chi connectivity index (χ4v) is 2.85. The highest BCUT2D eigenvalue weighted by Gasteiger charge is 2.27. The van der Waals surface area contributed by atoms with Crippen LogP contribution in [0.3, 0.4) is 0 Å². The highest BCUT2D eigenvalue weighted by Crippen LogP contribution is 2.27. The Morgan fingerprint density at radius 3 is 2.90 bits per heavy atom. The second-order valence-corrected chi connectivity index (χ2v) is 6.00. The lowest BCUT2D eigenvalue weighted by Gasteiger charge is -2.38. The predicted octanol–water partition coefficient (Wildman–Crippen LogP) is 2.48. The summed E-state index contributed by atoms with van der Waals surface area (Å²) in [5.41, 5.74) is 7.72. The average Bonchev–Trinajstić information content (AvgIpc) is 2.48. The number of thiocarbonyl (C=S) groups is 1. The van der Waals surface area contributed by atoms with Crippen molar-refractivity contribution in [3.63, 3.8) is 0 Å². The van der Waals surface area contributed by atoms with E-state index in [4.69, 9.17) is 27.7 Å². The van der Waals surface area contributed by atoms with E-state index in [9.17, 15) is 0 Å². The number of nitrogens with two attached hydrogens (primary N) is 1. The Bertz CT molecular complexity index is 688. The molecule has 2 N–H and O–H groups in total. The average molecular weight is 301 g/mol. The number of rotatable bonds is 2. The topological polar surface area (TPSA) is 51.4 Å². The molecule has 1 aliphatic rings. The third-order valence-corrected chi connectivity index (χ3v) is 4.07. The van der Waals surface area contributed by atoms with Crippen molar-refractivity contribution in [1.82, 2.24) is 4.98 Å². The molecule has 1 aromatic carbocycles. The zero-order valence-corrected chi connectivity index (χ0v) is 13.1. The third-order valence-electron chi connectivity index (χ3n) is 3.85. The Morgan fingerprint density at radius 2 is 2.14 bits per heavy atom. The summed E-state index contributed by atoms with van der Waals surface area (Å²) in [6.45, 7) is 5.68. The standard InChI is InChI=1S/C16H19N3OS/c1-10-9-20-11(2)8-19(10)16-13(15(17)21)7-12-5-3-4-6-14(12)18-16/h3-7,10-11H,8-9H2,1-2H3,(H2,17,21). The van der Waals surface area contributed by atoms with Crippen LogP contribution in [0.2, 0.25) is 0 Å². The molecule has 3 rings (SSSR count). The summed E-state index contributed by atoms with van der Waals surface area (Å²) in [5, 5.41) is 1.05. The van der Waals surface area contributed by atoms with Gasteiger partial charge < -0.3 is 15.4 Å². The molecule has 4 nitrogen and oxygen atoms in total. The van der Waals surface area contributed by atoms with Crippen LogP contribution >= 0.6 is 12.2 Å².